The van der Waals surface area contributed by atoms with Crippen LogP contribution in [-0.4, -0.2) is 43.4 Å². The standard InChI is InChI=1S/C7H12N2O3S/c8-6(13)3-9-7(10)5-4-11-1-2-12-5/h5H,1-4H2,(H2,8,13)(H,9,10). The van der Waals surface area contributed by atoms with Gasteiger partial charge in [-0.1, -0.05) is 12.2 Å². The van der Waals surface area contributed by atoms with Crippen LogP contribution in [-0.2, 0) is 14.3 Å². The number of hydrogen-bond donors (Lipinski definition) is 2. The van der Waals surface area contributed by atoms with Crippen molar-refractivity contribution >= 4 is 23.1 Å². The molecule has 1 amide bonds. The SMILES string of the molecule is NC(=S)CNC(=O)C1COCCO1. The molecule has 1 fully saturated rings. The number of nitrogens with two attached hydrogens (primary N) is 1. The van der Waals surface area contributed by atoms with E-state index >= 15 is 0 Å². The highest BCUT2D eigenvalue weighted by atomic mass is 32.1. The molecule has 0 aromatic carbocycles. The third kappa shape index (κ3) is 3.67. The summed E-state index contributed by atoms with van der Waals surface area (Å²) >= 11 is 4.61. The van der Waals surface area contributed by atoms with Crippen molar-refractivity contribution in [3.8, 4) is 0 Å². The molecule has 13 heavy (non-hydrogen) atoms. The number of ether oxygens (including phenoxy) is 2. The highest BCUT2D eigenvalue weighted by molar-refractivity contribution is 7.80. The summed E-state index contributed by atoms with van der Waals surface area (Å²) in [6.07, 6.45) is -0.525. The Morgan fingerprint density at radius 3 is 2.92 bits per heavy atom. The number of carbonyl (C=O) groups is 1. The molecule has 1 heterocycles. The third-order valence-corrected chi connectivity index (χ3v) is 1.69. The van der Waals surface area contributed by atoms with Crippen LogP contribution in [0.1, 0.15) is 0 Å². The van der Waals surface area contributed by atoms with E-state index in [1.54, 1.807) is 0 Å². The second kappa shape index (κ2) is 5.11. The van der Waals surface area contributed by atoms with Crippen LogP contribution in [0, 0.1) is 0 Å². The molecule has 1 aliphatic rings. The van der Waals surface area contributed by atoms with Gasteiger partial charge in [0.2, 0.25) is 0 Å². The van der Waals surface area contributed by atoms with E-state index in [9.17, 15) is 4.79 Å². The molecule has 1 atom stereocenters. The molecule has 0 spiro atoms. The average Bonchev–Trinajstić information content (AvgIpc) is 2.15. The van der Waals surface area contributed by atoms with E-state index in [0.717, 1.165) is 0 Å². The molecule has 0 saturated carbocycles. The molecule has 6 heteroatoms. The largest absolute Gasteiger partial charge is 0.392 e. The molecule has 0 aliphatic carbocycles. The first-order valence-electron chi connectivity index (χ1n) is 3.95. The van der Waals surface area contributed by atoms with Crippen LogP contribution in [0.5, 0.6) is 0 Å². The second-order valence-electron chi connectivity index (χ2n) is 2.62. The maximum Gasteiger partial charge on any atom is 0.251 e. The molecule has 1 aliphatic heterocycles. The molecular formula is C7H12N2O3S. The average molecular weight is 204 g/mol. The maximum atomic E-state index is 11.3. The first kappa shape index (κ1) is 10.4. The number of nitrogens with one attached hydrogen (secondary N) is 1. The molecule has 0 aromatic rings. The van der Waals surface area contributed by atoms with Crippen molar-refractivity contribution in [2.24, 2.45) is 5.73 Å². The van der Waals surface area contributed by atoms with Crippen LogP contribution < -0.4 is 11.1 Å². The minimum Gasteiger partial charge on any atom is -0.392 e. The van der Waals surface area contributed by atoms with Gasteiger partial charge in [-0.15, -0.1) is 0 Å². The van der Waals surface area contributed by atoms with Crippen LogP contribution in [0.2, 0.25) is 0 Å². The number of amides is 1. The van der Waals surface area contributed by atoms with E-state index in [1.165, 1.54) is 0 Å². The number of hydrogen-bond acceptors (Lipinski definition) is 4. The molecule has 0 radical (unpaired) electrons. The van der Waals surface area contributed by atoms with E-state index in [1.807, 2.05) is 0 Å². The second-order valence-corrected chi connectivity index (χ2v) is 3.14. The minimum atomic E-state index is -0.525. The van der Waals surface area contributed by atoms with Crippen LogP contribution in [0.15, 0.2) is 0 Å². The van der Waals surface area contributed by atoms with Crippen LogP contribution in [0.25, 0.3) is 0 Å². The van der Waals surface area contributed by atoms with Crippen molar-refractivity contribution in [2.75, 3.05) is 26.4 Å². The van der Waals surface area contributed by atoms with Crippen molar-refractivity contribution in [3.63, 3.8) is 0 Å². The van der Waals surface area contributed by atoms with Crippen molar-refractivity contribution in [2.45, 2.75) is 6.10 Å². The fraction of sp³-hybridized carbons (Fsp3) is 0.714. The van der Waals surface area contributed by atoms with Gasteiger partial charge in [-0.3, -0.25) is 4.79 Å². The molecule has 1 rings (SSSR count). The summed E-state index contributed by atoms with van der Waals surface area (Å²) in [4.78, 5) is 11.5. The Bertz CT molecular complexity index is 204. The highest BCUT2D eigenvalue weighted by Gasteiger charge is 2.21. The van der Waals surface area contributed by atoms with Crippen LogP contribution in [0.3, 0.4) is 0 Å². The predicted octanol–water partition coefficient (Wildman–Crippen LogP) is -1.20. The molecule has 1 unspecified atom stereocenters. The molecular weight excluding hydrogens is 192 g/mol. The molecule has 0 bridgehead atoms. The first-order chi connectivity index (χ1) is 6.20. The lowest BCUT2D eigenvalue weighted by Crippen LogP contribution is -2.45. The summed E-state index contributed by atoms with van der Waals surface area (Å²) in [7, 11) is 0. The van der Waals surface area contributed by atoms with Crippen LogP contribution >= 0.6 is 12.2 Å². The lowest BCUT2D eigenvalue weighted by molar-refractivity contribution is -0.147. The fourth-order valence-corrected chi connectivity index (χ4v) is 0.999. The van der Waals surface area contributed by atoms with Crippen molar-refractivity contribution in [3.05, 3.63) is 0 Å². The zero-order valence-electron chi connectivity index (χ0n) is 7.12. The Kier molecular flexibility index (Phi) is 4.07. The zero-order chi connectivity index (χ0) is 9.68. The maximum absolute atomic E-state index is 11.3. The van der Waals surface area contributed by atoms with Gasteiger partial charge in [-0.2, -0.15) is 0 Å². The lowest BCUT2D eigenvalue weighted by Gasteiger charge is -2.21. The normalized spacial score (nSPS) is 22.3. The minimum absolute atomic E-state index is 0.202. The summed E-state index contributed by atoms with van der Waals surface area (Å²) in [5.41, 5.74) is 5.21. The summed E-state index contributed by atoms with van der Waals surface area (Å²) in [6, 6.07) is 0. The Balaban J connectivity index is 2.25. The van der Waals surface area contributed by atoms with Crippen molar-refractivity contribution in [1.29, 1.82) is 0 Å². The summed E-state index contributed by atoms with van der Waals surface area (Å²) in [6.45, 7) is 1.49. The zero-order valence-corrected chi connectivity index (χ0v) is 7.93. The van der Waals surface area contributed by atoms with E-state index < -0.39 is 6.10 Å². The third-order valence-electron chi connectivity index (χ3n) is 1.55. The predicted molar refractivity (Wildman–Crippen MR) is 50.4 cm³/mol. The van der Waals surface area contributed by atoms with Gasteiger partial charge in [-0.05, 0) is 0 Å². The molecule has 1 saturated heterocycles. The quantitative estimate of drug-likeness (QED) is 0.565. The molecule has 0 aromatic heterocycles. The first-order valence-corrected chi connectivity index (χ1v) is 4.36. The van der Waals surface area contributed by atoms with Gasteiger partial charge in [0.25, 0.3) is 5.91 Å². The van der Waals surface area contributed by atoms with E-state index in [-0.39, 0.29) is 17.4 Å². The van der Waals surface area contributed by atoms with E-state index in [2.05, 4.69) is 17.5 Å². The Morgan fingerprint density at radius 2 is 2.38 bits per heavy atom. The van der Waals surface area contributed by atoms with Gasteiger partial charge in [0, 0.05) is 0 Å². The lowest BCUT2D eigenvalue weighted by atomic mass is 10.3. The molecule has 74 valence electrons. The summed E-state index contributed by atoms with van der Waals surface area (Å²) < 4.78 is 10.2. The van der Waals surface area contributed by atoms with Gasteiger partial charge < -0.3 is 20.5 Å². The smallest absolute Gasteiger partial charge is 0.251 e. The van der Waals surface area contributed by atoms with E-state index in [0.29, 0.717) is 19.8 Å². The molecule has 3 N–H and O–H groups in total. The summed E-state index contributed by atoms with van der Waals surface area (Å²) in [5, 5.41) is 2.54. The Hall–Kier alpha value is -0.720. The van der Waals surface area contributed by atoms with Gasteiger partial charge in [0.15, 0.2) is 6.10 Å². The summed E-state index contributed by atoms with van der Waals surface area (Å²) in [5.74, 6) is -0.229. The van der Waals surface area contributed by atoms with Gasteiger partial charge in [0.05, 0.1) is 31.4 Å². The van der Waals surface area contributed by atoms with Crippen molar-refractivity contribution in [1.82, 2.24) is 5.32 Å². The Morgan fingerprint density at radius 1 is 1.62 bits per heavy atom. The van der Waals surface area contributed by atoms with Crippen LogP contribution in [0.4, 0.5) is 0 Å². The number of rotatable bonds is 3. The fourth-order valence-electron chi connectivity index (χ4n) is 0.927. The van der Waals surface area contributed by atoms with Crippen molar-refractivity contribution < 1.29 is 14.3 Å². The monoisotopic (exact) mass is 204 g/mol. The number of carbonyl (C=O) groups excluding carboxylic acids is 1. The Labute approximate surface area is 81.6 Å². The van der Waals surface area contributed by atoms with Gasteiger partial charge >= 0.3 is 0 Å². The number of thiocarbonyl (C=S) groups is 1. The van der Waals surface area contributed by atoms with Gasteiger partial charge in [0.1, 0.15) is 0 Å². The van der Waals surface area contributed by atoms with Gasteiger partial charge in [-0.25, -0.2) is 0 Å². The van der Waals surface area contributed by atoms with E-state index in [4.69, 9.17) is 15.2 Å². The molecule has 5 nitrogen and oxygen atoms in total. The topological polar surface area (TPSA) is 73.6 Å². The highest BCUT2D eigenvalue weighted by Crippen LogP contribution is 1.99.